The molecule has 0 aromatic heterocycles. The average molecular weight is 344 g/mol. The van der Waals surface area contributed by atoms with Crippen molar-refractivity contribution in [2.75, 3.05) is 17.4 Å². The third-order valence-electron chi connectivity index (χ3n) is 3.50. The molecule has 0 unspecified atom stereocenters. The Morgan fingerprint density at radius 3 is 2.44 bits per heavy atom. The van der Waals surface area contributed by atoms with Crippen molar-refractivity contribution in [1.82, 2.24) is 0 Å². The second-order valence-corrected chi connectivity index (χ2v) is 6.63. The van der Waals surface area contributed by atoms with Gasteiger partial charge in [0.05, 0.1) is 24.3 Å². The van der Waals surface area contributed by atoms with Crippen LogP contribution in [-0.4, -0.2) is 24.6 Å². The number of rotatable bonds is 6. The number of fused-ring (bicyclic) bond motifs is 1. The van der Waals surface area contributed by atoms with Gasteiger partial charge in [-0.2, -0.15) is 5.06 Å². The largest absolute Gasteiger partial charge is 0.466 e. The minimum Gasteiger partial charge on any atom is -0.466 e. The Labute approximate surface area is 147 Å². The highest BCUT2D eigenvalue weighted by atomic mass is 16.7. The molecule has 0 aliphatic carbocycles. The number of nitrogen functional groups attached to an aromatic ring is 1. The van der Waals surface area contributed by atoms with Gasteiger partial charge in [0.25, 0.3) is 0 Å². The van der Waals surface area contributed by atoms with E-state index in [2.05, 4.69) is 0 Å². The van der Waals surface area contributed by atoms with Crippen LogP contribution in [0.2, 0.25) is 0 Å². The molecule has 0 radical (unpaired) electrons. The summed E-state index contributed by atoms with van der Waals surface area (Å²) in [5.41, 5.74) is 7.25. The molecule has 2 N–H and O–H groups in total. The molecule has 0 heterocycles. The fourth-order valence-electron chi connectivity index (χ4n) is 2.60. The fraction of sp³-hybridized carbons (Fsp3) is 0.368. The summed E-state index contributed by atoms with van der Waals surface area (Å²) in [4.78, 5) is 29.2. The summed E-state index contributed by atoms with van der Waals surface area (Å²) in [7, 11) is 0. The van der Waals surface area contributed by atoms with Gasteiger partial charge < -0.3 is 10.5 Å². The molecule has 0 atom stereocenters. The first-order valence-corrected chi connectivity index (χ1v) is 8.16. The lowest BCUT2D eigenvalue weighted by atomic mass is 9.98. The normalized spacial score (nSPS) is 11.4. The van der Waals surface area contributed by atoms with Gasteiger partial charge in [-0.3, -0.25) is 14.4 Å². The Morgan fingerprint density at radius 2 is 1.88 bits per heavy atom. The number of carbonyl (C=O) groups excluding carboxylic acids is 2. The molecule has 2 aromatic rings. The van der Waals surface area contributed by atoms with Crippen molar-refractivity contribution < 1.29 is 19.2 Å². The minimum atomic E-state index is -0.555. The van der Waals surface area contributed by atoms with Crippen molar-refractivity contribution in [3.63, 3.8) is 0 Å². The number of hydrogen-bond acceptors (Lipinski definition) is 5. The van der Waals surface area contributed by atoms with Gasteiger partial charge in [0.1, 0.15) is 0 Å². The quantitative estimate of drug-likeness (QED) is 0.376. The van der Waals surface area contributed by atoms with Crippen LogP contribution in [0.5, 0.6) is 0 Å². The SMILES string of the molecule is CCOC(=O)Cc1c(N)cc(N(C=O)OC(C)(C)C)c2ccccc12. The van der Waals surface area contributed by atoms with Gasteiger partial charge in [0, 0.05) is 11.1 Å². The van der Waals surface area contributed by atoms with E-state index in [4.69, 9.17) is 15.3 Å². The summed E-state index contributed by atoms with van der Waals surface area (Å²) in [5.74, 6) is -0.342. The number of hydrogen-bond donors (Lipinski definition) is 1. The van der Waals surface area contributed by atoms with Gasteiger partial charge in [0.2, 0.25) is 6.41 Å². The van der Waals surface area contributed by atoms with Crippen LogP contribution in [0.1, 0.15) is 33.3 Å². The summed E-state index contributed by atoms with van der Waals surface area (Å²) >= 11 is 0. The van der Waals surface area contributed by atoms with Crippen molar-refractivity contribution in [3.8, 4) is 0 Å². The predicted octanol–water partition coefficient (Wildman–Crippen LogP) is 3.22. The zero-order valence-electron chi connectivity index (χ0n) is 15.0. The molecule has 0 spiro atoms. The monoisotopic (exact) mass is 344 g/mol. The Kier molecular flexibility index (Phi) is 5.64. The van der Waals surface area contributed by atoms with E-state index in [1.165, 1.54) is 5.06 Å². The lowest BCUT2D eigenvalue weighted by molar-refractivity contribution is -0.142. The molecule has 0 saturated carbocycles. The number of amides is 1. The molecule has 2 rings (SSSR count). The van der Waals surface area contributed by atoms with Gasteiger partial charge in [-0.1, -0.05) is 24.3 Å². The molecule has 0 fully saturated rings. The number of hydroxylamine groups is 1. The number of carbonyl (C=O) groups is 2. The van der Waals surface area contributed by atoms with Crippen molar-refractivity contribution in [2.24, 2.45) is 0 Å². The zero-order chi connectivity index (χ0) is 18.6. The number of nitrogens with two attached hydrogens (primary N) is 1. The maximum Gasteiger partial charge on any atom is 0.310 e. The number of anilines is 2. The molecule has 0 aliphatic rings. The standard InChI is InChI=1S/C19H24N2O4/c1-5-24-18(23)10-15-13-8-6-7-9-14(13)17(11-16(15)20)21(12-22)25-19(2,3)4/h6-9,11-12H,5,10,20H2,1-4H3. The summed E-state index contributed by atoms with van der Waals surface area (Å²) in [6.07, 6.45) is 0.680. The Morgan fingerprint density at radius 1 is 1.24 bits per heavy atom. The second-order valence-electron chi connectivity index (χ2n) is 6.63. The van der Waals surface area contributed by atoms with Crippen LogP contribution in [0, 0.1) is 0 Å². The summed E-state index contributed by atoms with van der Waals surface area (Å²) in [5, 5.41) is 2.73. The maximum atomic E-state index is 11.9. The Balaban J connectivity index is 2.57. The van der Waals surface area contributed by atoms with Crippen LogP contribution >= 0.6 is 0 Å². The van der Waals surface area contributed by atoms with Crippen molar-refractivity contribution in [1.29, 1.82) is 0 Å². The van der Waals surface area contributed by atoms with Gasteiger partial charge in [-0.15, -0.1) is 0 Å². The molecule has 25 heavy (non-hydrogen) atoms. The molecule has 6 nitrogen and oxygen atoms in total. The van der Waals surface area contributed by atoms with E-state index in [1.807, 2.05) is 45.0 Å². The summed E-state index contributed by atoms with van der Waals surface area (Å²) in [6.45, 7) is 7.62. The van der Waals surface area contributed by atoms with Crippen molar-refractivity contribution >= 4 is 34.5 Å². The number of esters is 1. The summed E-state index contributed by atoms with van der Waals surface area (Å²) in [6, 6.07) is 9.09. The van der Waals surface area contributed by atoms with Crippen LogP contribution in [-0.2, 0) is 25.6 Å². The van der Waals surface area contributed by atoms with E-state index in [-0.39, 0.29) is 12.4 Å². The van der Waals surface area contributed by atoms with E-state index >= 15 is 0 Å². The van der Waals surface area contributed by atoms with Crippen LogP contribution in [0.3, 0.4) is 0 Å². The first-order valence-electron chi connectivity index (χ1n) is 8.16. The third-order valence-corrected chi connectivity index (χ3v) is 3.50. The second kappa shape index (κ2) is 7.53. The first kappa shape index (κ1) is 18.7. The molecular formula is C19H24N2O4. The van der Waals surface area contributed by atoms with Crippen molar-refractivity contribution in [3.05, 3.63) is 35.9 Å². The van der Waals surface area contributed by atoms with Crippen LogP contribution in [0.4, 0.5) is 11.4 Å². The lowest BCUT2D eigenvalue weighted by Crippen LogP contribution is -2.33. The predicted molar refractivity (Wildman–Crippen MR) is 98.1 cm³/mol. The van der Waals surface area contributed by atoms with E-state index in [1.54, 1.807) is 13.0 Å². The van der Waals surface area contributed by atoms with Gasteiger partial charge in [0.15, 0.2) is 0 Å². The fourth-order valence-corrected chi connectivity index (χ4v) is 2.60. The molecule has 134 valence electrons. The van der Waals surface area contributed by atoms with Gasteiger partial charge in [-0.25, -0.2) is 0 Å². The van der Waals surface area contributed by atoms with Gasteiger partial charge >= 0.3 is 5.97 Å². The molecule has 2 aromatic carbocycles. The van der Waals surface area contributed by atoms with E-state index < -0.39 is 5.60 Å². The van der Waals surface area contributed by atoms with Crippen LogP contribution in [0.15, 0.2) is 30.3 Å². The van der Waals surface area contributed by atoms with Crippen LogP contribution in [0.25, 0.3) is 10.8 Å². The number of ether oxygens (including phenoxy) is 1. The third kappa shape index (κ3) is 4.48. The van der Waals surface area contributed by atoms with E-state index in [9.17, 15) is 9.59 Å². The highest BCUT2D eigenvalue weighted by Gasteiger charge is 2.22. The molecule has 1 amide bonds. The smallest absolute Gasteiger partial charge is 0.310 e. The first-order chi connectivity index (χ1) is 11.8. The van der Waals surface area contributed by atoms with E-state index in [0.717, 1.165) is 10.8 Å². The zero-order valence-corrected chi connectivity index (χ0v) is 15.0. The molecule has 0 saturated heterocycles. The Hall–Kier alpha value is -2.60. The molecule has 0 aliphatic heterocycles. The topological polar surface area (TPSA) is 81.9 Å². The highest BCUT2D eigenvalue weighted by molar-refractivity contribution is 6.03. The van der Waals surface area contributed by atoms with Gasteiger partial charge in [-0.05, 0) is 44.7 Å². The van der Waals surface area contributed by atoms with Crippen molar-refractivity contribution in [2.45, 2.75) is 39.7 Å². The Bertz CT molecular complexity index is 781. The molecule has 6 heteroatoms. The highest BCUT2D eigenvalue weighted by Crippen LogP contribution is 2.35. The van der Waals surface area contributed by atoms with E-state index in [0.29, 0.717) is 30.0 Å². The average Bonchev–Trinajstić information content (AvgIpc) is 2.54. The molecule has 0 bridgehead atoms. The minimum absolute atomic E-state index is 0.0711. The summed E-state index contributed by atoms with van der Waals surface area (Å²) < 4.78 is 5.03. The number of benzene rings is 2. The maximum absolute atomic E-state index is 11.9. The van der Waals surface area contributed by atoms with Crippen LogP contribution < -0.4 is 10.8 Å². The molecular weight excluding hydrogens is 320 g/mol. The number of nitrogens with zero attached hydrogens (tertiary/aromatic N) is 1. The lowest BCUT2D eigenvalue weighted by Gasteiger charge is -2.28.